The van der Waals surface area contributed by atoms with Crippen LogP contribution in [0.15, 0.2) is 71.6 Å². The Bertz CT molecular complexity index is 1120. The maximum Gasteiger partial charge on any atom is 0.243 e. The summed E-state index contributed by atoms with van der Waals surface area (Å²) in [7, 11) is -3.48. The molecule has 0 saturated carbocycles. The van der Waals surface area contributed by atoms with Crippen LogP contribution in [0.25, 0.3) is 10.8 Å². The van der Waals surface area contributed by atoms with Crippen LogP contribution in [0.5, 0.6) is 0 Å². The van der Waals surface area contributed by atoms with Crippen LogP contribution in [-0.4, -0.2) is 31.7 Å². The van der Waals surface area contributed by atoms with Gasteiger partial charge in [-0.1, -0.05) is 68.4 Å². The van der Waals surface area contributed by atoms with Crippen LogP contribution in [0, 0.1) is 0 Å². The minimum absolute atomic E-state index is 0.0707. The second-order valence-electron chi connectivity index (χ2n) is 7.26. The van der Waals surface area contributed by atoms with Crippen molar-refractivity contribution in [3.63, 3.8) is 0 Å². The van der Waals surface area contributed by atoms with Crippen LogP contribution in [0.4, 0.5) is 0 Å². The summed E-state index contributed by atoms with van der Waals surface area (Å²) in [6.07, 6.45) is 0.292. The Balaban J connectivity index is 1.70. The van der Waals surface area contributed by atoms with Crippen LogP contribution >= 0.6 is 0 Å². The average Bonchev–Trinajstić information content (AvgIpc) is 2.74. The van der Waals surface area contributed by atoms with Crippen molar-refractivity contribution in [1.82, 2.24) is 9.62 Å². The van der Waals surface area contributed by atoms with Crippen molar-refractivity contribution < 1.29 is 13.2 Å². The predicted molar refractivity (Wildman–Crippen MR) is 121 cm³/mol. The summed E-state index contributed by atoms with van der Waals surface area (Å²) in [5, 5.41) is 5.20. The monoisotopic (exact) mass is 424 g/mol. The number of nitrogens with one attached hydrogen (secondary N) is 1. The van der Waals surface area contributed by atoms with Gasteiger partial charge in [0.15, 0.2) is 0 Å². The summed E-state index contributed by atoms with van der Waals surface area (Å²) in [5.41, 5.74) is 1.85. The smallest absolute Gasteiger partial charge is 0.243 e. The zero-order valence-electron chi connectivity index (χ0n) is 17.6. The number of hydrogen-bond donors (Lipinski definition) is 1. The Labute approximate surface area is 178 Å². The van der Waals surface area contributed by atoms with Crippen molar-refractivity contribution in [1.29, 1.82) is 0 Å². The summed E-state index contributed by atoms with van der Waals surface area (Å²) >= 11 is 0. The highest BCUT2D eigenvalue weighted by molar-refractivity contribution is 7.89. The topological polar surface area (TPSA) is 66.5 Å². The number of sulfonamides is 1. The maximum atomic E-state index is 12.6. The molecule has 3 rings (SSSR count). The second-order valence-corrected chi connectivity index (χ2v) is 9.20. The van der Waals surface area contributed by atoms with Gasteiger partial charge in [-0.15, -0.1) is 0 Å². The van der Waals surface area contributed by atoms with Crippen molar-refractivity contribution in [2.45, 2.75) is 38.1 Å². The lowest BCUT2D eigenvalue weighted by atomic mass is 10.0. The number of fused-ring (bicyclic) bond motifs is 1. The van der Waals surface area contributed by atoms with Gasteiger partial charge in [0, 0.05) is 13.1 Å². The molecule has 1 amide bonds. The number of hydrogen-bond acceptors (Lipinski definition) is 3. The largest absolute Gasteiger partial charge is 0.349 e. The fourth-order valence-corrected chi connectivity index (χ4v) is 5.09. The Hall–Kier alpha value is -2.70. The Morgan fingerprint density at radius 2 is 1.57 bits per heavy atom. The van der Waals surface area contributed by atoms with Gasteiger partial charge in [-0.3, -0.25) is 4.79 Å². The summed E-state index contributed by atoms with van der Waals surface area (Å²) in [4.78, 5) is 12.9. The zero-order valence-corrected chi connectivity index (χ0v) is 18.4. The molecule has 0 heterocycles. The van der Waals surface area contributed by atoms with Crippen molar-refractivity contribution in [3.8, 4) is 0 Å². The standard InChI is InChI=1S/C24H28N2O3S/c1-4-26(5-2)30(28,29)22-15-13-19(14-16-22)18(3)25-24(27)17-21-11-8-10-20-9-6-7-12-23(20)21/h6-16,18H,4-5,17H2,1-3H3,(H,25,27). The van der Waals surface area contributed by atoms with E-state index in [1.165, 1.54) is 4.31 Å². The van der Waals surface area contributed by atoms with Crippen LogP contribution < -0.4 is 5.32 Å². The van der Waals surface area contributed by atoms with Crippen LogP contribution in [0.3, 0.4) is 0 Å². The molecule has 1 N–H and O–H groups in total. The third-order valence-electron chi connectivity index (χ3n) is 5.33. The van der Waals surface area contributed by atoms with Gasteiger partial charge < -0.3 is 5.32 Å². The number of carbonyl (C=O) groups is 1. The van der Waals surface area contributed by atoms with E-state index < -0.39 is 10.0 Å². The molecule has 1 atom stereocenters. The predicted octanol–water partition coefficient (Wildman–Crippen LogP) is 4.29. The average molecular weight is 425 g/mol. The third-order valence-corrected chi connectivity index (χ3v) is 7.40. The van der Waals surface area contributed by atoms with Gasteiger partial charge in [-0.2, -0.15) is 4.31 Å². The van der Waals surface area contributed by atoms with Gasteiger partial charge in [-0.05, 0) is 41.0 Å². The maximum absolute atomic E-state index is 12.6. The van der Waals surface area contributed by atoms with Crippen LogP contribution in [-0.2, 0) is 21.2 Å². The van der Waals surface area contributed by atoms with Crippen molar-refractivity contribution in [2.75, 3.05) is 13.1 Å². The Kier molecular flexibility index (Phi) is 6.90. The first kappa shape index (κ1) is 22.0. The van der Waals surface area contributed by atoms with E-state index in [9.17, 15) is 13.2 Å². The van der Waals surface area contributed by atoms with Crippen molar-refractivity contribution in [3.05, 3.63) is 77.9 Å². The molecule has 0 aliphatic rings. The number of amides is 1. The molecule has 0 fully saturated rings. The van der Waals surface area contributed by atoms with E-state index in [1.54, 1.807) is 24.3 Å². The highest BCUT2D eigenvalue weighted by atomic mass is 32.2. The molecule has 0 saturated heterocycles. The first-order chi connectivity index (χ1) is 14.4. The molecule has 0 aliphatic carbocycles. The van der Waals surface area contributed by atoms with E-state index in [4.69, 9.17) is 0 Å². The number of nitrogens with zero attached hydrogens (tertiary/aromatic N) is 1. The Morgan fingerprint density at radius 1 is 0.933 bits per heavy atom. The highest BCUT2D eigenvalue weighted by Gasteiger charge is 2.21. The van der Waals surface area contributed by atoms with Crippen LogP contribution in [0.2, 0.25) is 0 Å². The van der Waals surface area contributed by atoms with Gasteiger partial charge in [-0.25, -0.2) is 8.42 Å². The molecular weight excluding hydrogens is 396 g/mol. The van der Waals surface area contributed by atoms with E-state index in [0.717, 1.165) is 21.9 Å². The molecule has 0 spiro atoms. The molecule has 0 aliphatic heterocycles. The van der Waals surface area contributed by atoms with E-state index in [1.807, 2.05) is 63.2 Å². The molecule has 0 radical (unpaired) electrons. The third kappa shape index (κ3) is 4.71. The molecule has 158 valence electrons. The fourth-order valence-electron chi connectivity index (χ4n) is 3.64. The lowest BCUT2D eigenvalue weighted by Gasteiger charge is -2.19. The van der Waals surface area contributed by atoms with Crippen LogP contribution in [0.1, 0.15) is 37.9 Å². The van der Waals surface area contributed by atoms with E-state index in [0.29, 0.717) is 19.5 Å². The first-order valence-electron chi connectivity index (χ1n) is 10.2. The summed E-state index contributed by atoms with van der Waals surface area (Å²) < 4.78 is 26.7. The van der Waals surface area contributed by atoms with E-state index >= 15 is 0 Å². The first-order valence-corrected chi connectivity index (χ1v) is 11.7. The SMILES string of the molecule is CCN(CC)S(=O)(=O)c1ccc(C(C)NC(=O)Cc2cccc3ccccc23)cc1. The molecule has 30 heavy (non-hydrogen) atoms. The van der Waals surface area contributed by atoms with E-state index in [-0.39, 0.29) is 16.8 Å². The fraction of sp³-hybridized carbons (Fsp3) is 0.292. The lowest BCUT2D eigenvalue weighted by Crippen LogP contribution is -2.30. The van der Waals surface area contributed by atoms with Crippen molar-refractivity contribution >= 4 is 26.7 Å². The summed E-state index contributed by atoms with van der Waals surface area (Å²) in [6, 6.07) is 20.5. The molecular formula is C24H28N2O3S. The second kappa shape index (κ2) is 9.41. The van der Waals surface area contributed by atoms with E-state index in [2.05, 4.69) is 5.32 Å². The number of carbonyl (C=O) groups excluding carboxylic acids is 1. The highest BCUT2D eigenvalue weighted by Crippen LogP contribution is 2.21. The molecule has 0 aromatic heterocycles. The minimum atomic E-state index is -3.48. The Morgan fingerprint density at radius 3 is 2.23 bits per heavy atom. The van der Waals surface area contributed by atoms with Gasteiger partial charge in [0.2, 0.25) is 15.9 Å². The molecule has 3 aromatic rings. The normalized spacial score (nSPS) is 12.8. The molecule has 3 aromatic carbocycles. The number of rotatable bonds is 8. The lowest BCUT2D eigenvalue weighted by molar-refractivity contribution is -0.121. The molecule has 5 nitrogen and oxygen atoms in total. The zero-order chi connectivity index (χ0) is 21.7. The molecule has 6 heteroatoms. The minimum Gasteiger partial charge on any atom is -0.349 e. The molecule has 1 unspecified atom stereocenters. The quantitative estimate of drug-likeness (QED) is 0.587. The van der Waals surface area contributed by atoms with Gasteiger partial charge in [0.1, 0.15) is 0 Å². The number of benzene rings is 3. The summed E-state index contributed by atoms with van der Waals surface area (Å²) in [6.45, 7) is 6.41. The van der Waals surface area contributed by atoms with Gasteiger partial charge in [0.25, 0.3) is 0 Å². The van der Waals surface area contributed by atoms with Gasteiger partial charge >= 0.3 is 0 Å². The summed E-state index contributed by atoms with van der Waals surface area (Å²) in [5.74, 6) is -0.0707. The van der Waals surface area contributed by atoms with Crippen molar-refractivity contribution in [2.24, 2.45) is 0 Å². The van der Waals surface area contributed by atoms with Gasteiger partial charge in [0.05, 0.1) is 17.4 Å². The molecule has 0 bridgehead atoms.